The number of para-hydroxylation sites is 1. The molecule has 0 spiro atoms. The fourth-order valence-corrected chi connectivity index (χ4v) is 7.38. The molecule has 1 aromatic heterocycles. The summed E-state index contributed by atoms with van der Waals surface area (Å²) in [5.41, 5.74) is 9.12. The molecule has 0 saturated carbocycles. The Balaban J connectivity index is 1.17. The van der Waals surface area contributed by atoms with Gasteiger partial charge in [0.15, 0.2) is 0 Å². The summed E-state index contributed by atoms with van der Waals surface area (Å²) in [6.07, 6.45) is 3.75. The number of carbonyl (C=O) groups is 2. The van der Waals surface area contributed by atoms with Crippen molar-refractivity contribution in [3.63, 3.8) is 0 Å². The minimum Gasteiger partial charge on any atom is -0.342 e. The maximum Gasteiger partial charge on any atom is 0.254 e. The summed E-state index contributed by atoms with van der Waals surface area (Å²) in [4.78, 5) is 27.8. The van der Waals surface area contributed by atoms with E-state index in [1.165, 1.54) is 33.4 Å². The first-order valence-electron chi connectivity index (χ1n) is 13.8. The number of imide groups is 1. The molecular formula is C35H27N3O2. The minimum atomic E-state index is -0.429. The summed E-state index contributed by atoms with van der Waals surface area (Å²) in [7, 11) is 0. The number of rotatable bonds is 4. The van der Waals surface area contributed by atoms with E-state index in [0.29, 0.717) is 0 Å². The molecule has 4 aliphatic rings. The molecule has 40 heavy (non-hydrogen) atoms. The fraction of sp³-hybridized carbons (Fsp3) is 0.171. The highest BCUT2D eigenvalue weighted by Crippen LogP contribution is 2.60. The van der Waals surface area contributed by atoms with Gasteiger partial charge in [0.2, 0.25) is 0 Å². The van der Waals surface area contributed by atoms with Gasteiger partial charge in [0.05, 0.1) is 18.1 Å². The molecule has 5 aromatic rings. The maximum absolute atomic E-state index is 13.9. The number of hydrogen-bond donors (Lipinski definition) is 0. The largest absolute Gasteiger partial charge is 0.342 e. The first kappa shape index (κ1) is 23.1. The first-order valence-corrected chi connectivity index (χ1v) is 13.8. The zero-order chi connectivity index (χ0) is 27.0. The van der Waals surface area contributed by atoms with Crippen LogP contribution in [0.25, 0.3) is 10.9 Å². The van der Waals surface area contributed by atoms with Crippen LogP contribution in [0.1, 0.15) is 50.8 Å². The van der Waals surface area contributed by atoms with Gasteiger partial charge >= 0.3 is 0 Å². The number of fused-ring (bicyclic) bond motifs is 1. The number of carbonyl (C=O) groups excluding carboxylic acids is 2. The molecule has 1 fully saturated rings. The van der Waals surface area contributed by atoms with Crippen LogP contribution in [-0.2, 0) is 16.1 Å². The predicted octanol–water partition coefficient (Wildman–Crippen LogP) is 6.22. The summed E-state index contributed by atoms with van der Waals surface area (Å²) in [6.45, 7) is 2.85. The standard InChI is InChI=1S/C35H27N3O2/c1-21-10-2-3-11-22(21)19-37-20-23(24-12-8-9-17-29(24)37)18-36-38-34(39)32-30-25-13-4-5-14-26(25)31(33(32)35(38)40)28-16-7-6-15-27(28)30/h2-18,20,30-33H,19H2,1H3/b36-18-/t30?,31?,32-,33-/m0/s1. The molecule has 194 valence electrons. The Bertz CT molecular complexity index is 1770. The van der Waals surface area contributed by atoms with Gasteiger partial charge in [0.25, 0.3) is 11.8 Å². The summed E-state index contributed by atoms with van der Waals surface area (Å²) in [5.74, 6) is -1.52. The second-order valence-corrected chi connectivity index (χ2v) is 11.2. The average Bonchev–Trinajstić information content (AvgIpc) is 3.47. The molecule has 1 saturated heterocycles. The van der Waals surface area contributed by atoms with Gasteiger partial charge in [-0.15, -0.1) is 0 Å². The molecule has 4 aromatic carbocycles. The molecule has 3 aliphatic carbocycles. The highest BCUT2D eigenvalue weighted by atomic mass is 16.2. The zero-order valence-electron chi connectivity index (χ0n) is 22.1. The zero-order valence-corrected chi connectivity index (χ0v) is 22.1. The van der Waals surface area contributed by atoms with Gasteiger partial charge in [-0.3, -0.25) is 9.59 Å². The second-order valence-electron chi connectivity index (χ2n) is 11.2. The van der Waals surface area contributed by atoms with E-state index in [0.717, 1.165) is 28.0 Å². The van der Waals surface area contributed by atoms with Crippen LogP contribution in [0.15, 0.2) is 108 Å². The lowest BCUT2D eigenvalue weighted by Crippen LogP contribution is -2.41. The molecule has 2 heterocycles. The SMILES string of the molecule is Cc1ccccc1Cn1cc(/C=N\N2C(=O)[C@H]3C4c5ccccc5C(c5ccccc54)[C@@H]3C2=O)c2ccccc21. The van der Waals surface area contributed by atoms with Crippen molar-refractivity contribution >= 4 is 28.9 Å². The molecule has 0 unspecified atom stereocenters. The smallest absolute Gasteiger partial charge is 0.254 e. The molecule has 2 bridgehead atoms. The van der Waals surface area contributed by atoms with E-state index in [1.54, 1.807) is 6.21 Å². The van der Waals surface area contributed by atoms with Crippen molar-refractivity contribution in [2.75, 3.05) is 0 Å². The average molecular weight is 522 g/mol. The molecule has 9 rings (SSSR count). The van der Waals surface area contributed by atoms with Crippen LogP contribution in [-0.4, -0.2) is 27.6 Å². The van der Waals surface area contributed by atoms with E-state index >= 15 is 0 Å². The van der Waals surface area contributed by atoms with Crippen molar-refractivity contribution in [1.29, 1.82) is 0 Å². The third kappa shape index (κ3) is 3.18. The Morgan fingerprint density at radius 3 is 1.82 bits per heavy atom. The van der Waals surface area contributed by atoms with Gasteiger partial charge in [0.1, 0.15) is 0 Å². The van der Waals surface area contributed by atoms with Crippen LogP contribution >= 0.6 is 0 Å². The Morgan fingerprint density at radius 1 is 0.700 bits per heavy atom. The van der Waals surface area contributed by atoms with Crippen LogP contribution < -0.4 is 0 Å². The van der Waals surface area contributed by atoms with E-state index in [9.17, 15) is 9.59 Å². The first-order chi connectivity index (χ1) is 19.6. The van der Waals surface area contributed by atoms with E-state index in [2.05, 4.69) is 83.5 Å². The van der Waals surface area contributed by atoms with Gasteiger partial charge in [-0.25, -0.2) is 0 Å². The van der Waals surface area contributed by atoms with E-state index in [-0.39, 0.29) is 23.7 Å². The highest BCUT2D eigenvalue weighted by Gasteiger charge is 2.61. The highest BCUT2D eigenvalue weighted by molar-refractivity contribution is 6.09. The van der Waals surface area contributed by atoms with E-state index < -0.39 is 11.8 Å². The maximum atomic E-state index is 13.9. The molecule has 5 nitrogen and oxygen atoms in total. The quantitative estimate of drug-likeness (QED) is 0.208. The van der Waals surface area contributed by atoms with Crippen molar-refractivity contribution < 1.29 is 9.59 Å². The van der Waals surface area contributed by atoms with Crippen LogP contribution in [0.5, 0.6) is 0 Å². The fourth-order valence-electron chi connectivity index (χ4n) is 7.38. The van der Waals surface area contributed by atoms with Gasteiger partial charge < -0.3 is 4.57 Å². The van der Waals surface area contributed by atoms with Gasteiger partial charge in [-0.2, -0.15) is 10.1 Å². The van der Waals surface area contributed by atoms with Gasteiger partial charge in [0, 0.05) is 41.0 Å². The Hall–Kier alpha value is -4.77. The number of aryl methyl sites for hydroxylation is 1. The molecule has 2 atom stereocenters. The molecule has 1 aliphatic heterocycles. The summed E-state index contributed by atoms with van der Waals surface area (Å²) < 4.78 is 2.21. The predicted molar refractivity (Wildman–Crippen MR) is 155 cm³/mol. The van der Waals surface area contributed by atoms with E-state index in [1.807, 2.05) is 36.4 Å². The number of hydrogen-bond acceptors (Lipinski definition) is 3. The van der Waals surface area contributed by atoms with Crippen molar-refractivity contribution in [3.05, 3.63) is 142 Å². The van der Waals surface area contributed by atoms with Crippen LogP contribution in [0.3, 0.4) is 0 Å². The molecule has 0 radical (unpaired) electrons. The van der Waals surface area contributed by atoms with Crippen molar-refractivity contribution in [1.82, 2.24) is 9.58 Å². The van der Waals surface area contributed by atoms with E-state index in [4.69, 9.17) is 0 Å². The Kier molecular flexibility index (Phi) is 4.99. The third-order valence-electron chi connectivity index (χ3n) is 9.16. The summed E-state index contributed by atoms with van der Waals surface area (Å²) >= 11 is 0. The number of nitrogens with zero attached hydrogens (tertiary/aromatic N) is 3. The lowest BCUT2D eigenvalue weighted by atomic mass is 9.55. The number of hydrazone groups is 1. The monoisotopic (exact) mass is 521 g/mol. The number of benzene rings is 4. The Labute approximate surface area is 232 Å². The topological polar surface area (TPSA) is 54.7 Å². The van der Waals surface area contributed by atoms with Crippen LogP contribution in [0, 0.1) is 18.8 Å². The van der Waals surface area contributed by atoms with Crippen molar-refractivity contribution in [2.45, 2.75) is 25.3 Å². The normalized spacial score (nSPS) is 22.7. The molecule has 5 heteroatoms. The minimum absolute atomic E-state index is 0.130. The lowest BCUT2D eigenvalue weighted by Gasteiger charge is -2.45. The second kappa shape index (κ2) is 8.62. The molecule has 0 N–H and O–H groups in total. The van der Waals surface area contributed by atoms with Crippen molar-refractivity contribution in [2.24, 2.45) is 16.9 Å². The molecule has 2 amide bonds. The lowest BCUT2D eigenvalue weighted by molar-refractivity contribution is -0.139. The van der Waals surface area contributed by atoms with Crippen LogP contribution in [0.4, 0.5) is 0 Å². The molecular weight excluding hydrogens is 494 g/mol. The van der Waals surface area contributed by atoms with Gasteiger partial charge in [-0.1, -0.05) is 91.0 Å². The number of amides is 2. The summed E-state index contributed by atoms with van der Waals surface area (Å²) in [6, 6.07) is 33.2. The summed E-state index contributed by atoms with van der Waals surface area (Å²) in [5, 5.41) is 6.78. The van der Waals surface area contributed by atoms with Crippen molar-refractivity contribution in [3.8, 4) is 0 Å². The number of aromatic nitrogens is 1. The third-order valence-corrected chi connectivity index (χ3v) is 9.16. The van der Waals surface area contributed by atoms with Crippen LogP contribution in [0.2, 0.25) is 0 Å². The Morgan fingerprint density at radius 2 is 1.23 bits per heavy atom. The van der Waals surface area contributed by atoms with Gasteiger partial charge in [-0.05, 0) is 46.4 Å².